The van der Waals surface area contributed by atoms with Gasteiger partial charge < -0.3 is 9.84 Å². The molecule has 25 heavy (non-hydrogen) atoms. The Morgan fingerprint density at radius 1 is 0.960 bits per heavy atom. The highest BCUT2D eigenvalue weighted by molar-refractivity contribution is 9.12. The Morgan fingerprint density at radius 3 is 1.76 bits per heavy atom. The summed E-state index contributed by atoms with van der Waals surface area (Å²) in [5, 5.41) is 9.96. The fraction of sp³-hybridized carbons (Fsp3) is 0.222. The highest BCUT2D eigenvalue weighted by atomic mass is 79.9. The quantitative estimate of drug-likeness (QED) is 0.351. The molecule has 0 unspecified atom stereocenters. The van der Waals surface area contributed by atoms with Crippen molar-refractivity contribution in [1.82, 2.24) is 0 Å². The highest BCUT2D eigenvalue weighted by Crippen LogP contribution is 2.43. The Morgan fingerprint density at radius 2 is 1.36 bits per heavy atom. The van der Waals surface area contributed by atoms with E-state index >= 15 is 0 Å². The minimum Gasteiger partial charge on any atom is -0.506 e. The van der Waals surface area contributed by atoms with Crippen molar-refractivity contribution in [3.63, 3.8) is 0 Å². The summed E-state index contributed by atoms with van der Waals surface area (Å²) in [6.45, 7) is 8.43. The van der Waals surface area contributed by atoms with Gasteiger partial charge in [-0.25, -0.2) is 0 Å². The number of aromatic hydroxyl groups is 1. The normalized spacial score (nSPS) is 11.5. The first-order chi connectivity index (χ1) is 11.5. The molecule has 0 spiro atoms. The third-order valence-corrected chi connectivity index (χ3v) is 6.45. The van der Waals surface area contributed by atoms with Crippen molar-refractivity contribution in [2.24, 2.45) is 0 Å². The monoisotopic (exact) mass is 658 g/mol. The molecule has 0 fully saturated rings. The van der Waals surface area contributed by atoms with Crippen molar-refractivity contribution < 1.29 is 9.84 Å². The Balaban J connectivity index is 2.48. The Labute approximate surface area is 189 Å². The maximum absolute atomic E-state index is 9.96. The van der Waals surface area contributed by atoms with Crippen LogP contribution in [0, 0.1) is 0 Å². The van der Waals surface area contributed by atoms with Crippen molar-refractivity contribution in [3.8, 4) is 11.5 Å². The number of hydrogen-bond donors (Lipinski definition) is 1. The lowest BCUT2D eigenvalue weighted by Gasteiger charge is -2.28. The lowest BCUT2D eigenvalue weighted by molar-refractivity contribution is 0.356. The second kappa shape index (κ2) is 8.46. The smallest absolute Gasteiger partial charge is 0.148 e. The van der Waals surface area contributed by atoms with Gasteiger partial charge in [0.25, 0.3) is 0 Å². The zero-order valence-corrected chi connectivity index (χ0v) is 21.4. The maximum atomic E-state index is 9.96. The van der Waals surface area contributed by atoms with Crippen LogP contribution in [-0.4, -0.2) is 11.7 Å². The molecule has 2 aromatic carbocycles. The van der Waals surface area contributed by atoms with Crippen LogP contribution in [-0.2, 0) is 5.41 Å². The van der Waals surface area contributed by atoms with Gasteiger partial charge in [0.15, 0.2) is 0 Å². The zero-order valence-electron chi connectivity index (χ0n) is 13.5. The van der Waals surface area contributed by atoms with Crippen LogP contribution >= 0.6 is 79.6 Å². The molecule has 2 nitrogen and oxygen atoms in total. The van der Waals surface area contributed by atoms with Gasteiger partial charge in [-0.2, -0.15) is 0 Å². The molecule has 0 bridgehead atoms. The van der Waals surface area contributed by atoms with E-state index in [9.17, 15) is 5.11 Å². The van der Waals surface area contributed by atoms with Crippen molar-refractivity contribution in [1.29, 1.82) is 0 Å². The van der Waals surface area contributed by atoms with Gasteiger partial charge in [0.1, 0.15) is 18.1 Å². The molecule has 0 aliphatic carbocycles. The predicted molar refractivity (Wildman–Crippen MR) is 121 cm³/mol. The molecule has 0 amide bonds. The topological polar surface area (TPSA) is 29.5 Å². The number of phenolic OH excluding ortho intramolecular Hbond substituents is 1. The molecule has 2 aromatic rings. The Bertz CT molecular complexity index is 784. The van der Waals surface area contributed by atoms with Crippen LogP contribution in [0.5, 0.6) is 11.5 Å². The SMILES string of the molecule is C=C(Br)COc1c(Br)cc(C(C)(C)c2cc(Br)c(O)c(Br)c2)cc1Br. The second-order valence-corrected chi connectivity index (χ2v) is 10.5. The summed E-state index contributed by atoms with van der Waals surface area (Å²) < 4.78 is 9.56. The van der Waals surface area contributed by atoms with E-state index in [-0.39, 0.29) is 11.2 Å². The van der Waals surface area contributed by atoms with Gasteiger partial charge in [0, 0.05) is 9.90 Å². The summed E-state index contributed by atoms with van der Waals surface area (Å²) in [5.41, 5.74) is 1.87. The number of benzene rings is 2. The molecule has 1 N–H and O–H groups in total. The fourth-order valence-electron chi connectivity index (χ4n) is 2.30. The maximum Gasteiger partial charge on any atom is 0.148 e. The molecule has 0 atom stereocenters. The van der Waals surface area contributed by atoms with Gasteiger partial charge in [-0.3, -0.25) is 0 Å². The number of phenols is 1. The lowest BCUT2D eigenvalue weighted by atomic mass is 9.78. The number of hydrogen-bond acceptors (Lipinski definition) is 2. The Hall–Kier alpha value is 0.180. The standard InChI is InChI=1S/C18H15Br5O2/c1-9(19)8-25-17-14(22)6-11(7-15(17)23)18(2,3)10-4-12(20)16(24)13(21)5-10/h4-7,24H,1,8H2,2-3H3. The van der Waals surface area contributed by atoms with E-state index in [4.69, 9.17) is 4.74 Å². The predicted octanol–water partition coefficient (Wildman–Crippen LogP) is 8.06. The first-order valence-electron chi connectivity index (χ1n) is 7.18. The molecule has 0 saturated carbocycles. The first kappa shape index (κ1) is 21.5. The average Bonchev–Trinajstić information content (AvgIpc) is 2.50. The van der Waals surface area contributed by atoms with E-state index in [1.54, 1.807) is 0 Å². The van der Waals surface area contributed by atoms with Gasteiger partial charge in [-0.1, -0.05) is 36.4 Å². The third kappa shape index (κ3) is 4.92. The van der Waals surface area contributed by atoms with Crippen molar-refractivity contribution in [3.05, 3.63) is 64.3 Å². The van der Waals surface area contributed by atoms with Gasteiger partial charge >= 0.3 is 0 Å². The summed E-state index contributed by atoms with van der Waals surface area (Å²) in [6, 6.07) is 7.96. The lowest BCUT2D eigenvalue weighted by Crippen LogP contribution is -2.19. The summed E-state index contributed by atoms with van der Waals surface area (Å²) in [5.74, 6) is 0.925. The molecule has 0 saturated heterocycles. The van der Waals surface area contributed by atoms with Crippen LogP contribution in [0.25, 0.3) is 0 Å². The molecule has 0 aliphatic heterocycles. The molecule has 134 valence electrons. The highest BCUT2D eigenvalue weighted by Gasteiger charge is 2.27. The van der Waals surface area contributed by atoms with Crippen molar-refractivity contribution in [2.45, 2.75) is 19.3 Å². The van der Waals surface area contributed by atoms with E-state index in [2.05, 4.69) is 100 Å². The van der Waals surface area contributed by atoms with E-state index < -0.39 is 0 Å². The Kier molecular flexibility index (Phi) is 7.27. The number of rotatable bonds is 5. The first-order valence-corrected chi connectivity index (χ1v) is 11.1. The van der Waals surface area contributed by atoms with Crippen LogP contribution < -0.4 is 4.74 Å². The van der Waals surface area contributed by atoms with Gasteiger partial charge in [0.2, 0.25) is 0 Å². The van der Waals surface area contributed by atoms with E-state index in [1.165, 1.54) is 0 Å². The van der Waals surface area contributed by atoms with Gasteiger partial charge in [-0.15, -0.1) is 0 Å². The second-order valence-electron chi connectivity index (χ2n) is 5.99. The van der Waals surface area contributed by atoms with Crippen LogP contribution in [0.4, 0.5) is 0 Å². The van der Waals surface area contributed by atoms with Crippen LogP contribution in [0.3, 0.4) is 0 Å². The molecule has 0 aromatic heterocycles. The van der Waals surface area contributed by atoms with Gasteiger partial charge in [-0.05, 0) is 99.1 Å². The van der Waals surface area contributed by atoms with Gasteiger partial charge in [0.05, 0.1) is 17.9 Å². The summed E-state index contributed by atoms with van der Waals surface area (Å²) in [4.78, 5) is 0. The molecule has 7 heteroatoms. The van der Waals surface area contributed by atoms with E-state index in [0.29, 0.717) is 15.6 Å². The van der Waals surface area contributed by atoms with Crippen LogP contribution in [0.15, 0.2) is 53.2 Å². The molecule has 2 rings (SSSR count). The van der Waals surface area contributed by atoms with Crippen LogP contribution in [0.2, 0.25) is 0 Å². The molecule has 0 aliphatic rings. The van der Waals surface area contributed by atoms with Crippen molar-refractivity contribution in [2.75, 3.05) is 6.61 Å². The summed E-state index contributed by atoms with van der Waals surface area (Å²) in [6.07, 6.45) is 0. The van der Waals surface area contributed by atoms with E-state index in [1.807, 2.05) is 24.3 Å². The average molecular weight is 663 g/mol. The molecular formula is C18H15Br5O2. The third-order valence-electron chi connectivity index (χ3n) is 3.83. The van der Waals surface area contributed by atoms with Crippen LogP contribution in [0.1, 0.15) is 25.0 Å². The number of ether oxygens (including phenoxy) is 1. The summed E-state index contributed by atoms with van der Waals surface area (Å²) in [7, 11) is 0. The molecule has 0 radical (unpaired) electrons. The minimum atomic E-state index is -0.290. The minimum absolute atomic E-state index is 0.195. The number of halogens is 5. The fourth-order valence-corrected chi connectivity index (χ4v) is 5.02. The largest absolute Gasteiger partial charge is 0.506 e. The summed E-state index contributed by atoms with van der Waals surface area (Å²) >= 11 is 17.3. The van der Waals surface area contributed by atoms with E-state index in [0.717, 1.165) is 30.3 Å². The molecular weight excluding hydrogens is 648 g/mol. The van der Waals surface area contributed by atoms with Crippen molar-refractivity contribution >= 4 is 79.6 Å². The zero-order chi connectivity index (χ0) is 18.9. The molecule has 0 heterocycles.